The molecule has 3 aromatic rings. The van der Waals surface area contributed by atoms with Crippen molar-refractivity contribution in [2.75, 3.05) is 12.8 Å². The normalized spacial score (nSPS) is 10.8. The zero-order valence-corrected chi connectivity index (χ0v) is 14.0. The van der Waals surface area contributed by atoms with Crippen LogP contribution in [0.5, 0.6) is 5.75 Å². The minimum absolute atomic E-state index is 0.294. The minimum atomic E-state index is -0.384. The molecule has 0 amide bonds. The molecule has 0 fully saturated rings. The monoisotopic (exact) mass is 345 g/mol. The maximum Gasteiger partial charge on any atom is 0.368 e. The van der Waals surface area contributed by atoms with Gasteiger partial charge in [0.05, 0.1) is 18.7 Å². The number of anilines is 1. The predicted octanol–water partition coefficient (Wildman–Crippen LogP) is 2.03. The summed E-state index contributed by atoms with van der Waals surface area (Å²) in [5.41, 5.74) is 8.43. The van der Waals surface area contributed by atoms with E-state index in [9.17, 15) is 4.79 Å². The van der Waals surface area contributed by atoms with Gasteiger partial charge in [0.1, 0.15) is 5.69 Å². The van der Waals surface area contributed by atoms with Crippen LogP contribution in [0, 0.1) is 6.92 Å². The first kappa shape index (κ1) is 16.1. The molecule has 0 atom stereocenters. The molecule has 0 unspecified atom stereocenters. The van der Waals surface area contributed by atoms with Crippen molar-refractivity contribution in [3.63, 3.8) is 0 Å². The van der Waals surface area contributed by atoms with E-state index in [1.807, 2.05) is 19.1 Å². The van der Waals surface area contributed by atoms with Crippen molar-refractivity contribution in [1.29, 1.82) is 0 Å². The van der Waals surface area contributed by atoms with E-state index in [0.29, 0.717) is 28.7 Å². The van der Waals surface area contributed by atoms with Crippen LogP contribution in [0.3, 0.4) is 0 Å². The zero-order chi connectivity index (χ0) is 17.3. The number of aromatic nitrogens is 4. The van der Waals surface area contributed by atoms with Crippen LogP contribution in [0.2, 0.25) is 5.02 Å². The van der Waals surface area contributed by atoms with Gasteiger partial charge in [-0.05, 0) is 46.7 Å². The Balaban J connectivity index is 1.99. The van der Waals surface area contributed by atoms with Crippen LogP contribution in [0.15, 0.2) is 41.2 Å². The molecule has 3 rings (SSSR count). The third kappa shape index (κ3) is 2.85. The van der Waals surface area contributed by atoms with Gasteiger partial charge in [-0.25, -0.2) is 4.79 Å². The molecule has 1 heterocycles. The van der Waals surface area contributed by atoms with Crippen LogP contribution < -0.4 is 16.2 Å². The van der Waals surface area contributed by atoms with Crippen molar-refractivity contribution in [2.24, 2.45) is 0 Å². The van der Waals surface area contributed by atoms with E-state index in [2.05, 4.69) is 10.4 Å². The summed E-state index contributed by atoms with van der Waals surface area (Å²) >= 11 is 6.09. The summed E-state index contributed by atoms with van der Waals surface area (Å²) in [7, 11) is 1.48. The fraction of sp³-hybridized carbons (Fsp3) is 0.188. The predicted molar refractivity (Wildman–Crippen MR) is 91.9 cm³/mol. The van der Waals surface area contributed by atoms with Gasteiger partial charge < -0.3 is 10.5 Å². The molecule has 1 aromatic heterocycles. The molecule has 0 saturated carbocycles. The van der Waals surface area contributed by atoms with Gasteiger partial charge in [-0.3, -0.25) is 0 Å². The first-order valence-electron chi connectivity index (χ1n) is 7.22. The topological polar surface area (TPSA) is 88.0 Å². The Morgan fingerprint density at radius 1 is 1.25 bits per heavy atom. The molecule has 0 aliphatic rings. The van der Waals surface area contributed by atoms with Crippen molar-refractivity contribution in [1.82, 2.24) is 19.8 Å². The van der Waals surface area contributed by atoms with Gasteiger partial charge in [-0.2, -0.15) is 9.36 Å². The highest BCUT2D eigenvalue weighted by Crippen LogP contribution is 2.29. The standard InChI is InChI=1S/C16H16ClN5O2/c1-10-8-11(6-7-13(10)18)9-21-16(23)22(20-19-21)14-5-3-4-12(17)15(14)24-2/h3-8H,9,18H2,1-2H3. The summed E-state index contributed by atoms with van der Waals surface area (Å²) in [4.78, 5) is 12.6. The first-order valence-corrected chi connectivity index (χ1v) is 7.59. The van der Waals surface area contributed by atoms with Gasteiger partial charge in [0.25, 0.3) is 0 Å². The summed E-state index contributed by atoms with van der Waals surface area (Å²) in [6.45, 7) is 2.21. The van der Waals surface area contributed by atoms with Crippen molar-refractivity contribution in [2.45, 2.75) is 13.5 Å². The molecule has 0 spiro atoms. The molecule has 0 radical (unpaired) electrons. The molecule has 0 aliphatic heterocycles. The number of tetrazole rings is 1. The molecule has 124 valence electrons. The van der Waals surface area contributed by atoms with Crippen LogP contribution in [-0.2, 0) is 6.54 Å². The number of ether oxygens (including phenoxy) is 1. The van der Waals surface area contributed by atoms with Gasteiger partial charge in [-0.15, -0.1) is 0 Å². The zero-order valence-electron chi connectivity index (χ0n) is 13.2. The summed E-state index contributed by atoms with van der Waals surface area (Å²) < 4.78 is 7.69. The number of benzene rings is 2. The number of methoxy groups -OCH3 is 1. The highest BCUT2D eigenvalue weighted by atomic mass is 35.5. The van der Waals surface area contributed by atoms with Crippen molar-refractivity contribution in [3.05, 3.63) is 63.0 Å². The van der Waals surface area contributed by atoms with Crippen LogP contribution in [-0.4, -0.2) is 26.9 Å². The Labute approximate surface area is 143 Å². The Hall–Kier alpha value is -2.80. The second-order valence-electron chi connectivity index (χ2n) is 5.31. The summed E-state index contributed by atoms with van der Waals surface area (Å²) in [5, 5.41) is 8.25. The van der Waals surface area contributed by atoms with Gasteiger partial charge >= 0.3 is 5.69 Å². The molecule has 0 bridgehead atoms. The minimum Gasteiger partial charge on any atom is -0.493 e. The maximum atomic E-state index is 12.6. The second kappa shape index (κ2) is 6.37. The fourth-order valence-electron chi connectivity index (χ4n) is 2.40. The largest absolute Gasteiger partial charge is 0.493 e. The highest BCUT2D eigenvalue weighted by molar-refractivity contribution is 6.32. The van der Waals surface area contributed by atoms with Crippen molar-refractivity contribution >= 4 is 17.3 Å². The number of hydrogen-bond acceptors (Lipinski definition) is 5. The first-order chi connectivity index (χ1) is 11.5. The van der Waals surface area contributed by atoms with E-state index in [4.69, 9.17) is 22.1 Å². The Kier molecular flexibility index (Phi) is 4.26. The molecule has 0 saturated heterocycles. The lowest BCUT2D eigenvalue weighted by molar-refractivity contribution is 0.411. The molecule has 8 heteroatoms. The van der Waals surface area contributed by atoms with Gasteiger partial charge in [0, 0.05) is 5.69 Å². The van der Waals surface area contributed by atoms with E-state index in [1.165, 1.54) is 11.8 Å². The smallest absolute Gasteiger partial charge is 0.368 e. The van der Waals surface area contributed by atoms with Gasteiger partial charge in [-0.1, -0.05) is 29.8 Å². The van der Waals surface area contributed by atoms with Gasteiger partial charge in [0.2, 0.25) is 0 Å². The van der Waals surface area contributed by atoms with Crippen molar-refractivity contribution < 1.29 is 4.74 Å². The number of para-hydroxylation sites is 1. The summed E-state index contributed by atoms with van der Waals surface area (Å²) in [5.74, 6) is 0.372. The SMILES string of the molecule is COc1c(Cl)cccc1-n1nnn(Cc2ccc(N)c(C)c2)c1=O. The lowest BCUT2D eigenvalue weighted by atomic mass is 10.1. The number of nitrogens with two attached hydrogens (primary N) is 1. The summed E-state index contributed by atoms with van der Waals surface area (Å²) in [6.07, 6.45) is 0. The fourth-order valence-corrected chi connectivity index (χ4v) is 2.65. The van der Waals surface area contributed by atoms with Crippen LogP contribution in [0.25, 0.3) is 5.69 Å². The van der Waals surface area contributed by atoms with Crippen molar-refractivity contribution in [3.8, 4) is 11.4 Å². The van der Waals surface area contributed by atoms with E-state index < -0.39 is 0 Å². The molecule has 0 aliphatic carbocycles. The lowest BCUT2D eigenvalue weighted by Crippen LogP contribution is -2.25. The highest BCUT2D eigenvalue weighted by Gasteiger charge is 2.15. The van der Waals surface area contributed by atoms with Crippen LogP contribution in [0.1, 0.15) is 11.1 Å². The molecule has 2 N–H and O–H groups in total. The average Bonchev–Trinajstić information content (AvgIpc) is 2.91. The Bertz CT molecular complexity index is 948. The number of halogens is 1. The van der Waals surface area contributed by atoms with Gasteiger partial charge in [0.15, 0.2) is 5.75 Å². The molecule has 7 nitrogen and oxygen atoms in total. The third-order valence-corrected chi connectivity index (χ3v) is 3.98. The van der Waals surface area contributed by atoms with E-state index in [0.717, 1.165) is 15.8 Å². The number of nitrogens with zero attached hydrogens (tertiary/aromatic N) is 4. The Morgan fingerprint density at radius 2 is 2.04 bits per heavy atom. The van der Waals surface area contributed by atoms with E-state index in [-0.39, 0.29) is 5.69 Å². The molecule has 24 heavy (non-hydrogen) atoms. The number of hydrogen-bond donors (Lipinski definition) is 1. The number of aryl methyl sites for hydroxylation is 1. The lowest BCUT2D eigenvalue weighted by Gasteiger charge is -2.08. The number of nitrogen functional groups attached to an aromatic ring is 1. The van der Waals surface area contributed by atoms with Crippen LogP contribution >= 0.6 is 11.6 Å². The van der Waals surface area contributed by atoms with E-state index >= 15 is 0 Å². The number of rotatable bonds is 4. The quantitative estimate of drug-likeness (QED) is 0.731. The maximum absolute atomic E-state index is 12.6. The molecule has 2 aromatic carbocycles. The second-order valence-corrected chi connectivity index (χ2v) is 5.72. The van der Waals surface area contributed by atoms with Crippen LogP contribution in [0.4, 0.5) is 5.69 Å². The molecular formula is C16H16ClN5O2. The Morgan fingerprint density at radius 3 is 2.75 bits per heavy atom. The average molecular weight is 346 g/mol. The molecular weight excluding hydrogens is 330 g/mol. The third-order valence-electron chi connectivity index (χ3n) is 3.68. The van der Waals surface area contributed by atoms with E-state index in [1.54, 1.807) is 24.3 Å². The summed E-state index contributed by atoms with van der Waals surface area (Å²) in [6, 6.07) is 10.7.